The molecule has 5 nitrogen and oxygen atoms in total. The third-order valence-corrected chi connectivity index (χ3v) is 5.36. The quantitative estimate of drug-likeness (QED) is 0.309. The minimum absolute atomic E-state index is 0.217. The first-order valence-electron chi connectivity index (χ1n) is 10.3. The molecular weight excluding hydrogens is 473 g/mol. The standard InChI is InChI=1S/C25H21BrFN3O2/c1-2-6-24-29-22-12-11-19(26)14-21(22)25(31)30(24)28-15-18-8-3-4-10-23(18)32-16-17-7-5-9-20(27)13-17/h3-5,7-15H,2,6,16H2,1H3. The van der Waals surface area contributed by atoms with Crippen LogP contribution in [0.2, 0.25) is 0 Å². The Kier molecular flexibility index (Phi) is 6.75. The van der Waals surface area contributed by atoms with Gasteiger partial charge in [0.15, 0.2) is 0 Å². The molecule has 0 bridgehead atoms. The fourth-order valence-corrected chi connectivity index (χ4v) is 3.69. The monoisotopic (exact) mass is 493 g/mol. The Balaban J connectivity index is 1.68. The second-order valence-corrected chi connectivity index (χ2v) is 8.17. The Morgan fingerprint density at radius 3 is 2.78 bits per heavy atom. The summed E-state index contributed by atoms with van der Waals surface area (Å²) in [6, 6.07) is 19.1. The van der Waals surface area contributed by atoms with Gasteiger partial charge < -0.3 is 4.74 Å². The average Bonchev–Trinajstić information content (AvgIpc) is 2.79. The number of fused-ring (bicyclic) bond motifs is 1. The summed E-state index contributed by atoms with van der Waals surface area (Å²) in [7, 11) is 0. The van der Waals surface area contributed by atoms with Crippen LogP contribution in [0.25, 0.3) is 10.9 Å². The summed E-state index contributed by atoms with van der Waals surface area (Å²) < 4.78 is 21.5. The number of halogens is 2. The van der Waals surface area contributed by atoms with E-state index in [4.69, 9.17) is 4.74 Å². The molecule has 4 rings (SSSR count). The number of benzene rings is 3. The van der Waals surface area contributed by atoms with Crippen LogP contribution < -0.4 is 10.3 Å². The van der Waals surface area contributed by atoms with Gasteiger partial charge in [-0.1, -0.05) is 47.1 Å². The van der Waals surface area contributed by atoms with Crippen molar-refractivity contribution in [3.63, 3.8) is 0 Å². The fraction of sp³-hybridized carbons (Fsp3) is 0.160. The largest absolute Gasteiger partial charge is 0.488 e. The van der Waals surface area contributed by atoms with E-state index >= 15 is 0 Å². The highest BCUT2D eigenvalue weighted by atomic mass is 79.9. The van der Waals surface area contributed by atoms with Crippen LogP contribution in [0.4, 0.5) is 4.39 Å². The second-order valence-electron chi connectivity index (χ2n) is 7.26. The lowest BCUT2D eigenvalue weighted by Gasteiger charge is -2.11. The van der Waals surface area contributed by atoms with Crippen molar-refractivity contribution in [1.29, 1.82) is 0 Å². The van der Waals surface area contributed by atoms with Gasteiger partial charge in [0.2, 0.25) is 0 Å². The van der Waals surface area contributed by atoms with Gasteiger partial charge in [0, 0.05) is 16.5 Å². The van der Waals surface area contributed by atoms with Crippen molar-refractivity contribution >= 4 is 33.0 Å². The first-order chi connectivity index (χ1) is 15.5. The van der Waals surface area contributed by atoms with Crippen molar-refractivity contribution in [3.8, 4) is 5.75 Å². The first-order valence-corrected chi connectivity index (χ1v) is 11.1. The second kappa shape index (κ2) is 9.87. The summed E-state index contributed by atoms with van der Waals surface area (Å²) in [6.45, 7) is 2.25. The third-order valence-electron chi connectivity index (χ3n) is 4.86. The summed E-state index contributed by atoms with van der Waals surface area (Å²) in [4.78, 5) is 17.8. The maximum atomic E-state index is 13.4. The molecular formula is C25H21BrFN3O2. The van der Waals surface area contributed by atoms with Gasteiger partial charge in [0.05, 0.1) is 17.1 Å². The molecule has 0 saturated carbocycles. The number of rotatable bonds is 7. The molecule has 0 saturated heterocycles. The number of hydrogen-bond donors (Lipinski definition) is 0. The van der Waals surface area contributed by atoms with Crippen molar-refractivity contribution in [2.24, 2.45) is 5.10 Å². The van der Waals surface area contributed by atoms with Crippen LogP contribution in [0.5, 0.6) is 5.75 Å². The highest BCUT2D eigenvalue weighted by Gasteiger charge is 2.11. The van der Waals surface area contributed by atoms with Crippen LogP contribution in [0.1, 0.15) is 30.3 Å². The Labute approximate surface area is 193 Å². The minimum atomic E-state index is -0.306. The van der Waals surface area contributed by atoms with Gasteiger partial charge >= 0.3 is 0 Å². The summed E-state index contributed by atoms with van der Waals surface area (Å²) in [5.41, 5.74) is 1.84. The van der Waals surface area contributed by atoms with E-state index in [0.29, 0.717) is 34.5 Å². The van der Waals surface area contributed by atoms with E-state index in [2.05, 4.69) is 26.0 Å². The molecule has 1 aromatic heterocycles. The lowest BCUT2D eigenvalue weighted by molar-refractivity contribution is 0.305. The maximum absolute atomic E-state index is 13.4. The van der Waals surface area contributed by atoms with Crippen LogP contribution in [0.3, 0.4) is 0 Å². The van der Waals surface area contributed by atoms with Crippen molar-refractivity contribution in [3.05, 3.63) is 104 Å². The molecule has 7 heteroatoms. The van der Waals surface area contributed by atoms with Crippen molar-refractivity contribution < 1.29 is 9.13 Å². The number of aromatic nitrogens is 2. The Bertz CT molecular complexity index is 1350. The molecule has 3 aromatic carbocycles. The van der Waals surface area contributed by atoms with E-state index in [1.165, 1.54) is 16.8 Å². The Morgan fingerprint density at radius 2 is 1.97 bits per heavy atom. The molecule has 1 heterocycles. The van der Waals surface area contributed by atoms with Gasteiger partial charge in [0.1, 0.15) is 24.0 Å². The average molecular weight is 494 g/mol. The van der Waals surface area contributed by atoms with Crippen molar-refractivity contribution in [2.45, 2.75) is 26.4 Å². The van der Waals surface area contributed by atoms with E-state index in [1.54, 1.807) is 24.4 Å². The van der Waals surface area contributed by atoms with E-state index in [0.717, 1.165) is 16.5 Å². The van der Waals surface area contributed by atoms with Gasteiger partial charge in [0.25, 0.3) is 5.56 Å². The van der Waals surface area contributed by atoms with Crippen LogP contribution in [0.15, 0.2) is 81.1 Å². The smallest absolute Gasteiger partial charge is 0.282 e. The number of para-hydroxylation sites is 1. The topological polar surface area (TPSA) is 56.5 Å². The predicted octanol–water partition coefficient (Wildman–Crippen LogP) is 5.71. The predicted molar refractivity (Wildman–Crippen MR) is 128 cm³/mol. The van der Waals surface area contributed by atoms with Crippen LogP contribution in [0, 0.1) is 5.82 Å². The lowest BCUT2D eigenvalue weighted by atomic mass is 10.2. The third kappa shape index (κ3) is 4.94. The zero-order valence-corrected chi connectivity index (χ0v) is 19.0. The number of ether oxygens (including phenoxy) is 1. The molecule has 0 radical (unpaired) electrons. The van der Waals surface area contributed by atoms with Crippen LogP contribution in [-0.2, 0) is 13.0 Å². The Morgan fingerprint density at radius 1 is 1.12 bits per heavy atom. The molecule has 0 aliphatic rings. The summed E-state index contributed by atoms with van der Waals surface area (Å²) in [6.07, 6.45) is 3.04. The lowest BCUT2D eigenvalue weighted by Crippen LogP contribution is -2.22. The number of hydrogen-bond acceptors (Lipinski definition) is 4. The molecule has 0 amide bonds. The number of aryl methyl sites for hydroxylation is 1. The summed E-state index contributed by atoms with van der Waals surface area (Å²) in [5, 5.41) is 4.96. The molecule has 0 aliphatic carbocycles. The zero-order chi connectivity index (χ0) is 22.5. The van der Waals surface area contributed by atoms with E-state index in [9.17, 15) is 9.18 Å². The molecule has 0 N–H and O–H groups in total. The summed E-state index contributed by atoms with van der Waals surface area (Å²) >= 11 is 3.41. The van der Waals surface area contributed by atoms with E-state index < -0.39 is 0 Å². The normalized spacial score (nSPS) is 11.3. The first kappa shape index (κ1) is 21.9. The van der Waals surface area contributed by atoms with E-state index in [-0.39, 0.29) is 18.0 Å². The molecule has 0 fully saturated rings. The SMILES string of the molecule is CCCc1nc2ccc(Br)cc2c(=O)n1N=Cc1ccccc1OCc1cccc(F)c1. The van der Waals surface area contributed by atoms with Crippen molar-refractivity contribution in [2.75, 3.05) is 0 Å². The zero-order valence-electron chi connectivity index (χ0n) is 17.5. The van der Waals surface area contributed by atoms with Crippen LogP contribution in [-0.4, -0.2) is 15.9 Å². The molecule has 0 spiro atoms. The number of nitrogens with zero attached hydrogens (tertiary/aromatic N) is 3. The summed E-state index contributed by atoms with van der Waals surface area (Å²) in [5.74, 6) is 0.878. The molecule has 0 unspecified atom stereocenters. The van der Waals surface area contributed by atoms with Gasteiger partial charge in [-0.3, -0.25) is 4.79 Å². The van der Waals surface area contributed by atoms with Gasteiger partial charge in [-0.2, -0.15) is 9.78 Å². The molecule has 4 aromatic rings. The van der Waals surface area contributed by atoms with Gasteiger partial charge in [-0.05, 0) is 54.4 Å². The van der Waals surface area contributed by atoms with Crippen molar-refractivity contribution in [1.82, 2.24) is 9.66 Å². The molecule has 0 aliphatic heterocycles. The molecule has 32 heavy (non-hydrogen) atoms. The van der Waals surface area contributed by atoms with E-state index in [1.807, 2.05) is 43.3 Å². The molecule has 0 atom stereocenters. The maximum Gasteiger partial charge on any atom is 0.282 e. The highest BCUT2D eigenvalue weighted by molar-refractivity contribution is 9.10. The Hall–Kier alpha value is -3.32. The van der Waals surface area contributed by atoms with Gasteiger partial charge in [-0.15, -0.1) is 0 Å². The van der Waals surface area contributed by atoms with Crippen LogP contribution >= 0.6 is 15.9 Å². The molecule has 162 valence electrons. The minimum Gasteiger partial charge on any atom is -0.488 e. The fourth-order valence-electron chi connectivity index (χ4n) is 3.33. The van der Waals surface area contributed by atoms with Gasteiger partial charge in [-0.25, -0.2) is 9.37 Å². The highest BCUT2D eigenvalue weighted by Crippen LogP contribution is 2.19.